The van der Waals surface area contributed by atoms with Gasteiger partial charge in [0.05, 0.1) is 25.5 Å². The molecule has 5 heteroatoms. The number of piperidine rings is 1. The number of nitrogens with zero attached hydrogens (tertiary/aromatic N) is 2. The van der Waals surface area contributed by atoms with Crippen LogP contribution in [-0.4, -0.2) is 48.6 Å². The van der Waals surface area contributed by atoms with Crippen LogP contribution < -0.4 is 0 Å². The molecule has 1 aromatic heterocycles. The van der Waals surface area contributed by atoms with Crippen LogP contribution in [0.4, 0.5) is 4.39 Å². The number of benzene rings is 1. The third-order valence-corrected chi connectivity index (χ3v) is 5.37. The number of rotatable bonds is 4. The Bertz CT molecular complexity index is 651. The van der Waals surface area contributed by atoms with E-state index in [9.17, 15) is 4.39 Å². The van der Waals surface area contributed by atoms with Crippen molar-refractivity contribution in [3.8, 4) is 0 Å². The molecular weight excluding hydrogens is 319 g/mol. The van der Waals surface area contributed by atoms with E-state index >= 15 is 0 Å². The van der Waals surface area contributed by atoms with Crippen LogP contribution in [0.25, 0.3) is 0 Å². The number of hydrogen-bond donors (Lipinski definition) is 0. The van der Waals surface area contributed by atoms with E-state index < -0.39 is 0 Å². The van der Waals surface area contributed by atoms with E-state index in [1.165, 1.54) is 25.0 Å². The highest BCUT2D eigenvalue weighted by atomic mass is 19.1. The number of ether oxygens (including phenoxy) is 1. The van der Waals surface area contributed by atoms with Crippen LogP contribution in [-0.2, 0) is 11.3 Å². The van der Waals surface area contributed by atoms with Gasteiger partial charge >= 0.3 is 0 Å². The molecule has 25 heavy (non-hydrogen) atoms. The monoisotopic (exact) mass is 344 g/mol. The Morgan fingerprint density at radius 2 is 1.84 bits per heavy atom. The van der Waals surface area contributed by atoms with E-state index in [0.717, 1.165) is 50.7 Å². The Labute approximate surface area is 148 Å². The fraction of sp³-hybridized carbons (Fsp3) is 0.500. The summed E-state index contributed by atoms with van der Waals surface area (Å²) in [7, 11) is 0. The van der Waals surface area contributed by atoms with Gasteiger partial charge in [0.2, 0.25) is 0 Å². The molecule has 0 radical (unpaired) electrons. The van der Waals surface area contributed by atoms with Gasteiger partial charge in [-0.2, -0.15) is 0 Å². The maximum atomic E-state index is 13.1. The second-order valence-electron chi connectivity index (χ2n) is 6.99. The summed E-state index contributed by atoms with van der Waals surface area (Å²) in [6, 6.07) is 11.3. The zero-order chi connectivity index (χ0) is 17.1. The Balaban J connectivity index is 1.31. The Morgan fingerprint density at radius 3 is 2.56 bits per heavy atom. The van der Waals surface area contributed by atoms with Crippen LogP contribution in [0.15, 0.2) is 47.1 Å². The van der Waals surface area contributed by atoms with Crippen molar-refractivity contribution in [3.63, 3.8) is 0 Å². The van der Waals surface area contributed by atoms with E-state index in [2.05, 4.69) is 9.80 Å². The molecule has 0 bridgehead atoms. The molecular formula is C20H25FN2O2. The smallest absolute Gasteiger partial charge is 0.123 e. The summed E-state index contributed by atoms with van der Waals surface area (Å²) in [5, 5.41) is 0. The fourth-order valence-corrected chi connectivity index (χ4v) is 3.95. The van der Waals surface area contributed by atoms with Crippen LogP contribution >= 0.6 is 0 Å². The molecule has 2 saturated heterocycles. The molecule has 1 aromatic carbocycles. The van der Waals surface area contributed by atoms with E-state index in [4.69, 9.17) is 9.15 Å². The van der Waals surface area contributed by atoms with Gasteiger partial charge in [0.15, 0.2) is 0 Å². The molecule has 4 rings (SSSR count). The third kappa shape index (κ3) is 4.11. The van der Waals surface area contributed by atoms with Gasteiger partial charge in [0, 0.05) is 32.2 Å². The summed E-state index contributed by atoms with van der Waals surface area (Å²) in [5.41, 5.74) is 1.07. The number of morpholine rings is 1. The van der Waals surface area contributed by atoms with Crippen LogP contribution in [0.5, 0.6) is 0 Å². The van der Waals surface area contributed by atoms with Gasteiger partial charge in [0.1, 0.15) is 11.6 Å². The van der Waals surface area contributed by atoms with Crippen molar-refractivity contribution in [1.29, 1.82) is 0 Å². The molecule has 134 valence electrons. The lowest BCUT2D eigenvalue weighted by Gasteiger charge is -2.42. The quantitative estimate of drug-likeness (QED) is 0.849. The Hall–Kier alpha value is -1.69. The zero-order valence-electron chi connectivity index (χ0n) is 14.4. The van der Waals surface area contributed by atoms with Gasteiger partial charge in [-0.15, -0.1) is 0 Å². The molecule has 0 amide bonds. The fourth-order valence-electron chi connectivity index (χ4n) is 3.95. The van der Waals surface area contributed by atoms with Crippen molar-refractivity contribution < 1.29 is 13.5 Å². The van der Waals surface area contributed by atoms with Crippen molar-refractivity contribution in [2.45, 2.75) is 31.5 Å². The van der Waals surface area contributed by atoms with Crippen LogP contribution in [0.2, 0.25) is 0 Å². The highest BCUT2D eigenvalue weighted by Gasteiger charge is 2.30. The first-order valence-corrected chi connectivity index (χ1v) is 9.14. The predicted octanol–water partition coefficient (Wildman–Crippen LogP) is 3.46. The normalized spacial score (nSPS) is 23.8. The van der Waals surface area contributed by atoms with Crippen molar-refractivity contribution in [2.75, 3.05) is 32.8 Å². The molecule has 0 spiro atoms. The van der Waals surface area contributed by atoms with Crippen LogP contribution in [0, 0.1) is 5.82 Å². The molecule has 0 aliphatic carbocycles. The topological polar surface area (TPSA) is 28.9 Å². The Morgan fingerprint density at radius 1 is 1.04 bits per heavy atom. The molecule has 0 N–H and O–H groups in total. The lowest BCUT2D eigenvalue weighted by Crippen LogP contribution is -2.49. The first-order chi connectivity index (χ1) is 12.3. The van der Waals surface area contributed by atoms with Gasteiger partial charge < -0.3 is 9.15 Å². The van der Waals surface area contributed by atoms with E-state index in [-0.39, 0.29) is 11.9 Å². The summed E-state index contributed by atoms with van der Waals surface area (Å²) in [4.78, 5) is 5.02. The highest BCUT2D eigenvalue weighted by Crippen LogP contribution is 2.27. The maximum Gasteiger partial charge on any atom is 0.123 e. The molecule has 2 aromatic rings. The molecule has 2 fully saturated rings. The molecule has 0 saturated carbocycles. The summed E-state index contributed by atoms with van der Waals surface area (Å²) in [6.45, 7) is 5.73. The van der Waals surface area contributed by atoms with Crippen LogP contribution in [0.1, 0.15) is 30.3 Å². The number of likely N-dealkylation sites (tertiary alicyclic amines) is 1. The van der Waals surface area contributed by atoms with Crippen LogP contribution in [0.3, 0.4) is 0 Å². The van der Waals surface area contributed by atoms with Gasteiger partial charge in [-0.05, 0) is 42.7 Å². The minimum absolute atomic E-state index is 0.0514. The zero-order valence-corrected chi connectivity index (χ0v) is 14.4. The molecule has 2 aliphatic rings. The van der Waals surface area contributed by atoms with E-state index in [1.807, 2.05) is 24.3 Å². The molecule has 3 heterocycles. The largest absolute Gasteiger partial charge is 0.468 e. The highest BCUT2D eigenvalue weighted by molar-refractivity contribution is 5.19. The van der Waals surface area contributed by atoms with Gasteiger partial charge in [-0.3, -0.25) is 9.80 Å². The summed E-state index contributed by atoms with van der Waals surface area (Å²) in [5.74, 6) is 0.849. The van der Waals surface area contributed by atoms with Gasteiger partial charge in [0.25, 0.3) is 0 Å². The minimum Gasteiger partial charge on any atom is -0.468 e. The minimum atomic E-state index is -0.194. The van der Waals surface area contributed by atoms with Gasteiger partial charge in [-0.1, -0.05) is 12.1 Å². The predicted molar refractivity (Wildman–Crippen MR) is 93.7 cm³/mol. The van der Waals surface area contributed by atoms with Crippen molar-refractivity contribution in [1.82, 2.24) is 9.80 Å². The van der Waals surface area contributed by atoms with Crippen molar-refractivity contribution in [2.24, 2.45) is 0 Å². The SMILES string of the molecule is Fc1ccc(C2CN(C3CCN(Cc4ccco4)CC3)CCO2)cc1. The molecule has 2 aliphatic heterocycles. The number of hydrogen-bond acceptors (Lipinski definition) is 4. The molecule has 4 nitrogen and oxygen atoms in total. The Kier molecular flexibility index (Phi) is 5.15. The average Bonchev–Trinajstić information content (AvgIpc) is 3.16. The first-order valence-electron chi connectivity index (χ1n) is 9.14. The van der Waals surface area contributed by atoms with Crippen molar-refractivity contribution in [3.05, 3.63) is 59.8 Å². The average molecular weight is 344 g/mol. The summed E-state index contributed by atoms with van der Waals surface area (Å²) < 4.78 is 24.5. The summed E-state index contributed by atoms with van der Waals surface area (Å²) in [6.07, 6.45) is 4.15. The third-order valence-electron chi connectivity index (χ3n) is 5.37. The molecule has 1 unspecified atom stereocenters. The second-order valence-corrected chi connectivity index (χ2v) is 6.99. The van der Waals surface area contributed by atoms with Gasteiger partial charge in [-0.25, -0.2) is 4.39 Å². The summed E-state index contributed by atoms with van der Waals surface area (Å²) >= 11 is 0. The standard InChI is InChI=1S/C20H25FN2O2/c21-17-5-3-16(4-6-17)20-15-23(11-13-25-20)18-7-9-22(10-8-18)14-19-2-1-12-24-19/h1-6,12,18,20H,7-11,13-15H2. The number of halogens is 1. The molecule has 1 atom stereocenters. The first kappa shape index (κ1) is 16.8. The van der Waals surface area contributed by atoms with Crippen molar-refractivity contribution >= 4 is 0 Å². The second kappa shape index (κ2) is 7.68. The lowest BCUT2D eigenvalue weighted by atomic mass is 10.00. The van der Waals surface area contributed by atoms with E-state index in [0.29, 0.717) is 6.04 Å². The van der Waals surface area contributed by atoms with E-state index in [1.54, 1.807) is 6.26 Å². The maximum absolute atomic E-state index is 13.1. The lowest BCUT2D eigenvalue weighted by molar-refractivity contribution is -0.0540. The number of furan rings is 1.